The number of hydrogen-bond donors (Lipinski definition) is 1. The summed E-state index contributed by atoms with van der Waals surface area (Å²) in [7, 11) is 1.63. The zero-order valence-corrected chi connectivity index (χ0v) is 7.78. The number of H-pyrrole nitrogens is 1. The summed E-state index contributed by atoms with van der Waals surface area (Å²) in [6, 6.07) is 1.78. The van der Waals surface area contributed by atoms with Gasteiger partial charge in [0.2, 0.25) is 0 Å². The second kappa shape index (κ2) is 4.06. The van der Waals surface area contributed by atoms with Gasteiger partial charge in [0.1, 0.15) is 17.9 Å². The Bertz CT molecular complexity index is 413. The normalized spacial score (nSPS) is 10.6. The van der Waals surface area contributed by atoms with E-state index < -0.39 is 0 Å². The maximum absolute atomic E-state index is 5.46. The van der Waals surface area contributed by atoms with Gasteiger partial charge in [-0.2, -0.15) is 0 Å². The molecule has 2 rings (SSSR count). The second-order valence-electron chi connectivity index (χ2n) is 2.70. The zero-order chi connectivity index (χ0) is 9.80. The molecule has 1 radical (unpaired) electrons. The summed E-state index contributed by atoms with van der Waals surface area (Å²) in [6.07, 6.45) is 4.27. The average molecular weight is 192 g/mol. The molecular weight excluding hydrogens is 182 g/mol. The molecule has 0 unspecified atom stereocenters. The van der Waals surface area contributed by atoms with Gasteiger partial charge in [0.05, 0.1) is 6.61 Å². The highest BCUT2D eigenvalue weighted by molar-refractivity contribution is 5.76. The number of ether oxygens (including phenoxy) is 2. The molecule has 0 saturated carbocycles. The van der Waals surface area contributed by atoms with Crippen LogP contribution >= 0.6 is 0 Å². The molecule has 0 fully saturated rings. The number of hydrogen-bond acceptors (Lipinski definition) is 4. The van der Waals surface area contributed by atoms with Gasteiger partial charge in [-0.3, -0.25) is 0 Å². The summed E-state index contributed by atoms with van der Waals surface area (Å²) in [5.41, 5.74) is 1.38. The predicted molar refractivity (Wildman–Crippen MR) is 50.1 cm³/mol. The largest absolute Gasteiger partial charge is 0.489 e. The quantitative estimate of drug-likeness (QED) is 0.727. The van der Waals surface area contributed by atoms with Crippen molar-refractivity contribution in [3.8, 4) is 5.75 Å². The van der Waals surface area contributed by atoms with Gasteiger partial charge in [-0.25, -0.2) is 9.97 Å². The molecule has 0 spiro atoms. The van der Waals surface area contributed by atoms with Crippen molar-refractivity contribution in [3.63, 3.8) is 0 Å². The topological polar surface area (TPSA) is 60.0 Å². The third kappa shape index (κ3) is 1.67. The molecule has 0 bridgehead atoms. The van der Waals surface area contributed by atoms with Crippen molar-refractivity contribution in [1.29, 1.82) is 0 Å². The van der Waals surface area contributed by atoms with Gasteiger partial charge in [-0.15, -0.1) is 0 Å². The van der Waals surface area contributed by atoms with E-state index in [9.17, 15) is 0 Å². The van der Waals surface area contributed by atoms with Gasteiger partial charge in [0.25, 0.3) is 0 Å². The molecule has 5 heteroatoms. The highest BCUT2D eigenvalue weighted by atomic mass is 16.5. The van der Waals surface area contributed by atoms with Crippen molar-refractivity contribution in [2.24, 2.45) is 0 Å². The molecule has 1 N–H and O–H groups in total. The number of pyridine rings is 1. The van der Waals surface area contributed by atoms with Gasteiger partial charge >= 0.3 is 0 Å². The van der Waals surface area contributed by atoms with E-state index in [1.54, 1.807) is 19.4 Å². The molecule has 0 aliphatic rings. The van der Waals surface area contributed by atoms with Crippen LogP contribution in [0, 0.1) is 6.33 Å². The van der Waals surface area contributed by atoms with Gasteiger partial charge < -0.3 is 14.5 Å². The first-order valence-electron chi connectivity index (χ1n) is 4.24. The van der Waals surface area contributed by atoms with Crippen molar-refractivity contribution in [2.75, 3.05) is 20.3 Å². The number of rotatable bonds is 4. The minimum atomic E-state index is 0.509. The fraction of sp³-hybridized carbons (Fsp3) is 0.333. The van der Waals surface area contributed by atoms with Crippen LogP contribution in [0.3, 0.4) is 0 Å². The maximum atomic E-state index is 5.46. The van der Waals surface area contributed by atoms with Crippen LogP contribution in [0.15, 0.2) is 12.3 Å². The summed E-state index contributed by atoms with van der Waals surface area (Å²) >= 11 is 0. The summed E-state index contributed by atoms with van der Waals surface area (Å²) in [5, 5.41) is 0. The predicted octanol–water partition coefficient (Wildman–Crippen LogP) is 0.783. The lowest BCUT2D eigenvalue weighted by Crippen LogP contribution is -2.04. The number of nitrogens with one attached hydrogen (secondary N) is 1. The first-order valence-corrected chi connectivity index (χ1v) is 4.24. The Balaban J connectivity index is 2.19. The van der Waals surface area contributed by atoms with E-state index in [0.29, 0.717) is 18.9 Å². The van der Waals surface area contributed by atoms with Crippen LogP contribution in [0.25, 0.3) is 11.2 Å². The van der Waals surface area contributed by atoms with Crippen LogP contribution < -0.4 is 4.74 Å². The van der Waals surface area contributed by atoms with Gasteiger partial charge in [-0.1, -0.05) is 0 Å². The van der Waals surface area contributed by atoms with Gasteiger partial charge in [0, 0.05) is 19.4 Å². The third-order valence-corrected chi connectivity index (χ3v) is 1.78. The van der Waals surface area contributed by atoms with Gasteiger partial charge in [-0.05, 0) is 0 Å². The van der Waals surface area contributed by atoms with Crippen molar-refractivity contribution >= 4 is 11.2 Å². The Morgan fingerprint density at radius 3 is 3.29 bits per heavy atom. The maximum Gasteiger partial charge on any atom is 0.182 e. The second-order valence-corrected chi connectivity index (χ2v) is 2.70. The zero-order valence-electron chi connectivity index (χ0n) is 7.78. The Labute approximate surface area is 81.1 Å². The minimum Gasteiger partial charge on any atom is -0.489 e. The number of nitrogens with zero attached hydrogens (tertiary/aromatic N) is 2. The molecule has 2 heterocycles. The van der Waals surface area contributed by atoms with E-state index in [4.69, 9.17) is 9.47 Å². The molecule has 73 valence electrons. The molecule has 5 nitrogen and oxygen atoms in total. The number of aromatic nitrogens is 3. The summed E-state index contributed by atoms with van der Waals surface area (Å²) in [5.74, 6) is 0.723. The standard InChI is InChI=1S/C9H10N3O2/c1-13-4-5-14-7-2-3-10-9-8(7)11-6-12-9/h2-3H,4-5H2,1H3,(H,10,11,12). The number of fused-ring (bicyclic) bond motifs is 1. The van der Waals surface area contributed by atoms with Crippen molar-refractivity contribution in [3.05, 3.63) is 18.6 Å². The van der Waals surface area contributed by atoms with Crippen LogP contribution in [0.2, 0.25) is 0 Å². The fourth-order valence-corrected chi connectivity index (χ4v) is 1.13. The molecule has 14 heavy (non-hydrogen) atoms. The van der Waals surface area contributed by atoms with Crippen molar-refractivity contribution in [2.45, 2.75) is 0 Å². The highest BCUT2D eigenvalue weighted by Gasteiger charge is 2.04. The summed E-state index contributed by atoms with van der Waals surface area (Å²) in [6.45, 7) is 1.07. The fourth-order valence-electron chi connectivity index (χ4n) is 1.13. The lowest BCUT2D eigenvalue weighted by Gasteiger charge is -2.04. The highest BCUT2D eigenvalue weighted by Crippen LogP contribution is 2.19. The molecule has 0 aliphatic heterocycles. The molecule has 0 aliphatic carbocycles. The lowest BCUT2D eigenvalue weighted by atomic mass is 10.4. The SMILES string of the molecule is COCCOc1ccnc2n[c][nH]c12. The van der Waals surface area contributed by atoms with Crippen LogP contribution in [0.1, 0.15) is 0 Å². The molecule has 2 aromatic heterocycles. The van der Waals surface area contributed by atoms with Crippen molar-refractivity contribution < 1.29 is 9.47 Å². The minimum absolute atomic E-state index is 0.509. The molecule has 0 amide bonds. The van der Waals surface area contributed by atoms with Crippen LogP contribution in [-0.4, -0.2) is 35.3 Å². The van der Waals surface area contributed by atoms with E-state index >= 15 is 0 Å². The summed E-state index contributed by atoms with van der Waals surface area (Å²) < 4.78 is 10.3. The van der Waals surface area contributed by atoms with E-state index in [1.165, 1.54) is 0 Å². The Morgan fingerprint density at radius 1 is 1.50 bits per heavy atom. The van der Waals surface area contributed by atoms with Crippen LogP contribution in [0.4, 0.5) is 0 Å². The third-order valence-electron chi connectivity index (χ3n) is 1.78. The van der Waals surface area contributed by atoms with Crippen molar-refractivity contribution in [1.82, 2.24) is 15.0 Å². The Kier molecular flexibility index (Phi) is 2.60. The van der Waals surface area contributed by atoms with E-state index in [-0.39, 0.29) is 0 Å². The molecular formula is C9H10N3O2. The van der Waals surface area contributed by atoms with Gasteiger partial charge in [0.15, 0.2) is 12.0 Å². The van der Waals surface area contributed by atoms with Crippen LogP contribution in [0.5, 0.6) is 5.75 Å². The smallest absolute Gasteiger partial charge is 0.182 e. The molecule has 0 atom stereocenters. The number of methoxy groups -OCH3 is 1. The molecule has 0 aromatic carbocycles. The Morgan fingerprint density at radius 2 is 2.43 bits per heavy atom. The number of aromatic amines is 1. The Hall–Kier alpha value is -1.62. The number of imidazole rings is 1. The van der Waals surface area contributed by atoms with E-state index in [1.807, 2.05) is 0 Å². The first kappa shape index (κ1) is 8.96. The first-order chi connectivity index (χ1) is 6.92. The molecule has 0 saturated heterocycles. The summed E-state index contributed by atoms with van der Waals surface area (Å²) in [4.78, 5) is 10.8. The monoisotopic (exact) mass is 192 g/mol. The van der Waals surface area contributed by atoms with E-state index in [0.717, 1.165) is 11.3 Å². The van der Waals surface area contributed by atoms with Crippen LogP contribution in [-0.2, 0) is 4.74 Å². The average Bonchev–Trinajstić information content (AvgIpc) is 2.67. The molecule has 2 aromatic rings. The van der Waals surface area contributed by atoms with E-state index in [2.05, 4.69) is 21.3 Å². The lowest BCUT2D eigenvalue weighted by molar-refractivity contribution is 0.147.